The molecule has 82 valence electrons. The van der Waals surface area contributed by atoms with E-state index in [1.807, 2.05) is 13.0 Å². The number of halogens is 1. The van der Waals surface area contributed by atoms with Crippen molar-refractivity contribution >= 4 is 27.9 Å². The predicted octanol–water partition coefficient (Wildman–Crippen LogP) is 2.36. The maximum absolute atomic E-state index is 10.8. The van der Waals surface area contributed by atoms with E-state index in [2.05, 4.69) is 21.2 Å². The van der Waals surface area contributed by atoms with Crippen molar-refractivity contribution in [2.24, 2.45) is 0 Å². The van der Waals surface area contributed by atoms with Crippen molar-refractivity contribution in [3.8, 4) is 0 Å². The van der Waals surface area contributed by atoms with E-state index in [0.717, 1.165) is 22.0 Å². The summed E-state index contributed by atoms with van der Waals surface area (Å²) >= 11 is 3.38. The summed E-state index contributed by atoms with van der Waals surface area (Å²) in [7, 11) is 0. The summed E-state index contributed by atoms with van der Waals surface area (Å²) in [6, 6.07) is 3.67. The summed E-state index contributed by atoms with van der Waals surface area (Å²) in [6.07, 6.45) is 0.415. The van der Waals surface area contributed by atoms with Crippen molar-refractivity contribution in [3.05, 3.63) is 27.7 Å². The third-order valence-corrected chi connectivity index (χ3v) is 2.94. The van der Waals surface area contributed by atoms with Crippen molar-refractivity contribution in [2.45, 2.75) is 20.0 Å². The van der Waals surface area contributed by atoms with Gasteiger partial charge < -0.3 is 10.4 Å². The van der Waals surface area contributed by atoms with E-state index in [1.54, 1.807) is 13.0 Å². The monoisotopic (exact) mass is 271 g/mol. The molecule has 1 aromatic carbocycles. The van der Waals surface area contributed by atoms with Crippen LogP contribution in [0.25, 0.3) is 0 Å². The van der Waals surface area contributed by atoms with Crippen molar-refractivity contribution in [1.29, 1.82) is 0 Å². The second kappa shape index (κ2) is 5.28. The topological polar surface area (TPSA) is 49.3 Å². The molecule has 0 aliphatic rings. The Bertz CT molecular complexity index is 364. The summed E-state index contributed by atoms with van der Waals surface area (Å²) in [4.78, 5) is 10.8. The van der Waals surface area contributed by atoms with E-state index in [9.17, 15) is 4.79 Å². The van der Waals surface area contributed by atoms with Gasteiger partial charge in [0.2, 0.25) is 0 Å². The summed E-state index contributed by atoms with van der Waals surface area (Å²) in [5, 5.41) is 12.2. The molecule has 0 aliphatic carbocycles. The maximum Gasteiger partial charge on any atom is 0.150 e. The molecule has 3 nitrogen and oxygen atoms in total. The van der Waals surface area contributed by atoms with Crippen LogP contribution in [0.3, 0.4) is 0 Å². The zero-order valence-electron chi connectivity index (χ0n) is 8.75. The van der Waals surface area contributed by atoms with Gasteiger partial charge in [-0.05, 0) is 31.5 Å². The Morgan fingerprint density at radius 2 is 2.27 bits per heavy atom. The van der Waals surface area contributed by atoms with Gasteiger partial charge in [-0.15, -0.1) is 0 Å². The zero-order chi connectivity index (χ0) is 11.4. The van der Waals surface area contributed by atoms with E-state index in [4.69, 9.17) is 5.11 Å². The van der Waals surface area contributed by atoms with Gasteiger partial charge in [0.15, 0.2) is 0 Å². The fourth-order valence-corrected chi connectivity index (χ4v) is 1.67. The lowest BCUT2D eigenvalue weighted by molar-refractivity contribution is 0.112. The molecule has 2 N–H and O–H groups in total. The molecule has 0 bridgehead atoms. The quantitative estimate of drug-likeness (QED) is 0.827. The van der Waals surface area contributed by atoms with Crippen LogP contribution in [-0.4, -0.2) is 24.0 Å². The van der Waals surface area contributed by atoms with Gasteiger partial charge in [-0.2, -0.15) is 0 Å². The van der Waals surface area contributed by atoms with E-state index >= 15 is 0 Å². The molecule has 0 saturated heterocycles. The molecule has 0 saturated carbocycles. The van der Waals surface area contributed by atoms with Crippen LogP contribution in [0.1, 0.15) is 22.8 Å². The fraction of sp³-hybridized carbons (Fsp3) is 0.364. The van der Waals surface area contributed by atoms with E-state index in [1.165, 1.54) is 0 Å². The first-order valence-corrected chi connectivity index (χ1v) is 5.51. The molecule has 0 amide bonds. The molecule has 0 heterocycles. The average molecular weight is 272 g/mol. The Balaban J connectivity index is 2.90. The minimum Gasteiger partial charge on any atom is -0.392 e. The molecule has 1 unspecified atom stereocenters. The van der Waals surface area contributed by atoms with Gasteiger partial charge in [0.25, 0.3) is 0 Å². The lowest BCUT2D eigenvalue weighted by Gasteiger charge is -2.11. The summed E-state index contributed by atoms with van der Waals surface area (Å²) in [5.74, 6) is 0. The van der Waals surface area contributed by atoms with Crippen LogP contribution in [0, 0.1) is 6.92 Å². The number of aldehydes is 1. The highest BCUT2D eigenvalue weighted by atomic mass is 79.9. The Morgan fingerprint density at radius 1 is 1.60 bits per heavy atom. The van der Waals surface area contributed by atoms with Gasteiger partial charge in [-0.25, -0.2) is 0 Å². The van der Waals surface area contributed by atoms with Gasteiger partial charge in [0.05, 0.1) is 6.10 Å². The smallest absolute Gasteiger partial charge is 0.150 e. The SMILES string of the molecule is Cc1c(Br)cc(NCC(C)O)cc1C=O. The molecule has 1 rings (SSSR count). The first-order chi connectivity index (χ1) is 7.04. The summed E-state index contributed by atoms with van der Waals surface area (Å²) in [5.41, 5.74) is 2.40. The molecule has 0 fully saturated rings. The van der Waals surface area contributed by atoms with Gasteiger partial charge in [0.1, 0.15) is 6.29 Å². The van der Waals surface area contributed by atoms with Crippen molar-refractivity contribution in [2.75, 3.05) is 11.9 Å². The number of hydrogen-bond acceptors (Lipinski definition) is 3. The minimum atomic E-state index is -0.412. The number of rotatable bonds is 4. The zero-order valence-corrected chi connectivity index (χ0v) is 10.3. The normalized spacial score (nSPS) is 12.3. The molecule has 0 radical (unpaired) electrons. The highest BCUT2D eigenvalue weighted by molar-refractivity contribution is 9.10. The van der Waals surface area contributed by atoms with E-state index in [0.29, 0.717) is 12.1 Å². The Hall–Kier alpha value is -0.870. The molecule has 0 spiro atoms. The Kier molecular flexibility index (Phi) is 4.29. The molecule has 4 heteroatoms. The standard InChI is InChI=1S/C11H14BrNO2/c1-7(15)5-13-10-3-9(6-14)8(2)11(12)4-10/h3-4,6-7,13,15H,5H2,1-2H3. The van der Waals surface area contributed by atoms with Gasteiger partial charge in [-0.3, -0.25) is 4.79 Å². The lowest BCUT2D eigenvalue weighted by atomic mass is 10.1. The van der Waals surface area contributed by atoms with E-state index < -0.39 is 6.10 Å². The third kappa shape index (κ3) is 3.32. The molecular weight excluding hydrogens is 258 g/mol. The van der Waals surface area contributed by atoms with Crippen molar-refractivity contribution < 1.29 is 9.90 Å². The van der Waals surface area contributed by atoms with E-state index in [-0.39, 0.29) is 0 Å². The number of hydrogen-bond donors (Lipinski definition) is 2. The predicted molar refractivity (Wildman–Crippen MR) is 64.4 cm³/mol. The van der Waals surface area contributed by atoms with Crippen LogP contribution >= 0.6 is 15.9 Å². The van der Waals surface area contributed by atoms with Crippen molar-refractivity contribution in [3.63, 3.8) is 0 Å². The van der Waals surface area contributed by atoms with Crippen LogP contribution in [0.2, 0.25) is 0 Å². The molecule has 0 aromatic heterocycles. The van der Waals surface area contributed by atoms with Crippen LogP contribution in [0.15, 0.2) is 16.6 Å². The van der Waals surface area contributed by atoms with Crippen LogP contribution in [0.5, 0.6) is 0 Å². The number of benzene rings is 1. The number of anilines is 1. The molecule has 1 atom stereocenters. The average Bonchev–Trinajstić information content (AvgIpc) is 2.19. The first kappa shape index (κ1) is 12.2. The number of nitrogens with one attached hydrogen (secondary N) is 1. The Morgan fingerprint density at radius 3 is 2.80 bits per heavy atom. The largest absolute Gasteiger partial charge is 0.392 e. The Labute approximate surface area is 97.6 Å². The third-order valence-electron chi connectivity index (χ3n) is 2.11. The fourth-order valence-electron chi connectivity index (χ4n) is 1.19. The highest BCUT2D eigenvalue weighted by Crippen LogP contribution is 2.24. The first-order valence-electron chi connectivity index (χ1n) is 4.72. The lowest BCUT2D eigenvalue weighted by Crippen LogP contribution is -2.15. The second-order valence-electron chi connectivity index (χ2n) is 3.52. The van der Waals surface area contributed by atoms with Crippen LogP contribution < -0.4 is 5.32 Å². The minimum absolute atomic E-state index is 0.412. The number of aliphatic hydroxyl groups is 1. The van der Waals surface area contributed by atoms with Gasteiger partial charge in [0, 0.05) is 22.3 Å². The molecular formula is C11H14BrNO2. The van der Waals surface area contributed by atoms with Gasteiger partial charge >= 0.3 is 0 Å². The number of carbonyl (C=O) groups excluding carboxylic acids is 1. The second-order valence-corrected chi connectivity index (χ2v) is 4.37. The van der Waals surface area contributed by atoms with Gasteiger partial charge in [-0.1, -0.05) is 15.9 Å². The summed E-state index contributed by atoms with van der Waals surface area (Å²) in [6.45, 7) is 4.05. The van der Waals surface area contributed by atoms with Crippen LogP contribution in [0.4, 0.5) is 5.69 Å². The number of carbonyl (C=O) groups is 1. The summed E-state index contributed by atoms with van der Waals surface area (Å²) < 4.78 is 0.889. The molecule has 15 heavy (non-hydrogen) atoms. The van der Waals surface area contributed by atoms with Crippen LogP contribution in [-0.2, 0) is 0 Å². The number of aliphatic hydroxyl groups excluding tert-OH is 1. The molecule has 1 aromatic rings. The highest BCUT2D eigenvalue weighted by Gasteiger charge is 2.05. The maximum atomic E-state index is 10.8. The van der Waals surface area contributed by atoms with Crippen molar-refractivity contribution in [1.82, 2.24) is 0 Å². The molecule has 0 aliphatic heterocycles.